The number of aromatic carboxylic acids is 1. The number of carbonyl (C=O) groups is 1. The van der Waals surface area contributed by atoms with E-state index in [1.165, 1.54) is 12.1 Å². The van der Waals surface area contributed by atoms with Gasteiger partial charge in [0.25, 0.3) is 0 Å². The highest BCUT2D eigenvalue weighted by atomic mass is 32.2. The van der Waals surface area contributed by atoms with Gasteiger partial charge in [0.15, 0.2) is 0 Å². The maximum absolute atomic E-state index is 12.0. The molecule has 0 amide bonds. The first-order valence-corrected chi connectivity index (χ1v) is 8.00. The first kappa shape index (κ1) is 16.5. The third kappa shape index (κ3) is 5.21. The second-order valence-electron chi connectivity index (χ2n) is 6.07. The zero-order chi connectivity index (χ0) is 15.6. The van der Waals surface area contributed by atoms with Gasteiger partial charge >= 0.3 is 5.97 Å². The summed E-state index contributed by atoms with van der Waals surface area (Å²) < 4.78 is 26.5. The third-order valence-corrected chi connectivity index (χ3v) is 4.14. The van der Waals surface area contributed by atoms with Crippen molar-refractivity contribution in [3.05, 3.63) is 29.3 Å². The van der Waals surface area contributed by atoms with Crippen LogP contribution in [0.3, 0.4) is 0 Å². The molecule has 0 aliphatic carbocycles. The summed E-state index contributed by atoms with van der Waals surface area (Å²) >= 11 is 0. The maximum Gasteiger partial charge on any atom is 0.335 e. The largest absolute Gasteiger partial charge is 0.478 e. The first-order valence-electron chi connectivity index (χ1n) is 6.35. The van der Waals surface area contributed by atoms with Crippen molar-refractivity contribution < 1.29 is 18.3 Å². The van der Waals surface area contributed by atoms with Gasteiger partial charge in [0.1, 0.15) is 0 Å². The molecule has 0 radical (unpaired) electrons. The smallest absolute Gasteiger partial charge is 0.335 e. The number of hydrogen-bond donors (Lipinski definition) is 2. The van der Waals surface area contributed by atoms with Crippen LogP contribution in [-0.4, -0.2) is 25.2 Å². The Labute approximate surface area is 120 Å². The van der Waals surface area contributed by atoms with Crippen LogP contribution in [0.5, 0.6) is 0 Å². The van der Waals surface area contributed by atoms with Crippen molar-refractivity contribution in [2.75, 3.05) is 10.5 Å². The average molecular weight is 299 g/mol. The number of rotatable bonds is 5. The summed E-state index contributed by atoms with van der Waals surface area (Å²) in [7, 11) is -3.48. The van der Waals surface area contributed by atoms with Crippen molar-refractivity contribution >= 4 is 21.7 Å². The lowest BCUT2D eigenvalue weighted by Crippen LogP contribution is -2.21. The van der Waals surface area contributed by atoms with Crippen LogP contribution in [0.2, 0.25) is 0 Å². The van der Waals surface area contributed by atoms with Crippen LogP contribution in [0.25, 0.3) is 0 Å². The summed E-state index contributed by atoms with van der Waals surface area (Å²) in [6.45, 7) is 7.64. The molecule has 1 aromatic rings. The van der Waals surface area contributed by atoms with E-state index >= 15 is 0 Å². The number of hydrogen-bond acceptors (Lipinski definition) is 3. The van der Waals surface area contributed by atoms with E-state index < -0.39 is 16.0 Å². The number of sulfonamides is 1. The summed E-state index contributed by atoms with van der Waals surface area (Å²) in [5.74, 6) is -1.08. The van der Waals surface area contributed by atoms with Gasteiger partial charge in [0.2, 0.25) is 10.0 Å². The molecule has 1 aromatic carbocycles. The van der Waals surface area contributed by atoms with Gasteiger partial charge in [0.05, 0.1) is 17.0 Å². The zero-order valence-electron chi connectivity index (χ0n) is 12.2. The SMILES string of the molecule is Cc1ccc(C(=O)O)cc1NS(=O)(=O)CCC(C)(C)C. The summed E-state index contributed by atoms with van der Waals surface area (Å²) in [4.78, 5) is 10.9. The van der Waals surface area contributed by atoms with Crippen molar-refractivity contribution in [3.63, 3.8) is 0 Å². The Morgan fingerprint density at radius 3 is 2.40 bits per heavy atom. The van der Waals surface area contributed by atoms with Gasteiger partial charge in [-0.15, -0.1) is 0 Å². The highest BCUT2D eigenvalue weighted by Crippen LogP contribution is 2.22. The predicted octanol–water partition coefficient (Wildman–Crippen LogP) is 2.87. The van der Waals surface area contributed by atoms with Crippen molar-refractivity contribution in [2.24, 2.45) is 5.41 Å². The molecule has 20 heavy (non-hydrogen) atoms. The molecule has 112 valence electrons. The van der Waals surface area contributed by atoms with E-state index in [0.717, 1.165) is 0 Å². The van der Waals surface area contributed by atoms with Crippen molar-refractivity contribution in [2.45, 2.75) is 34.1 Å². The molecule has 0 saturated carbocycles. The Morgan fingerprint density at radius 2 is 1.90 bits per heavy atom. The van der Waals surface area contributed by atoms with Crippen LogP contribution in [0.4, 0.5) is 5.69 Å². The average Bonchev–Trinajstić information content (AvgIpc) is 2.28. The Bertz CT molecular complexity index is 600. The molecule has 5 nitrogen and oxygen atoms in total. The molecular weight excluding hydrogens is 278 g/mol. The van der Waals surface area contributed by atoms with Gasteiger partial charge in [-0.1, -0.05) is 26.8 Å². The highest BCUT2D eigenvalue weighted by Gasteiger charge is 2.18. The number of carboxylic acid groups (broad SMARTS) is 1. The molecule has 0 fully saturated rings. The monoisotopic (exact) mass is 299 g/mol. The topological polar surface area (TPSA) is 83.5 Å². The molecule has 0 aliphatic rings. The van der Waals surface area contributed by atoms with E-state index in [1.54, 1.807) is 13.0 Å². The number of nitrogens with one attached hydrogen (secondary N) is 1. The molecule has 0 atom stereocenters. The second kappa shape index (κ2) is 5.83. The maximum atomic E-state index is 12.0. The fraction of sp³-hybridized carbons (Fsp3) is 0.500. The van der Waals surface area contributed by atoms with Gasteiger partial charge in [-0.05, 0) is 36.5 Å². The molecule has 0 aromatic heterocycles. The molecule has 6 heteroatoms. The molecule has 0 aliphatic heterocycles. The molecule has 0 bridgehead atoms. The standard InChI is InChI=1S/C14H21NO4S/c1-10-5-6-11(13(16)17)9-12(10)15-20(18,19)8-7-14(2,3)4/h5-6,9,15H,7-8H2,1-4H3,(H,16,17). The van der Waals surface area contributed by atoms with E-state index in [-0.39, 0.29) is 16.7 Å². The van der Waals surface area contributed by atoms with E-state index in [4.69, 9.17) is 5.11 Å². The van der Waals surface area contributed by atoms with Gasteiger partial charge in [-0.3, -0.25) is 4.72 Å². The Balaban J connectivity index is 2.92. The summed E-state index contributed by atoms with van der Waals surface area (Å²) in [6.07, 6.45) is 0.528. The number of anilines is 1. The normalized spacial score (nSPS) is 12.2. The summed E-state index contributed by atoms with van der Waals surface area (Å²) in [6, 6.07) is 4.38. The van der Waals surface area contributed by atoms with E-state index in [2.05, 4.69) is 4.72 Å². The number of carboxylic acids is 1. The minimum atomic E-state index is -3.48. The fourth-order valence-electron chi connectivity index (χ4n) is 1.52. The highest BCUT2D eigenvalue weighted by molar-refractivity contribution is 7.92. The third-order valence-electron chi connectivity index (χ3n) is 2.87. The Hall–Kier alpha value is -1.56. The Kier molecular flexibility index (Phi) is 4.81. The zero-order valence-corrected chi connectivity index (χ0v) is 13.0. The minimum absolute atomic E-state index is 0.00718. The first-order chi connectivity index (χ1) is 9.00. The van der Waals surface area contributed by atoms with Gasteiger partial charge in [0, 0.05) is 0 Å². The van der Waals surface area contributed by atoms with Crippen molar-refractivity contribution in [3.8, 4) is 0 Å². The summed E-state index contributed by atoms with van der Waals surface area (Å²) in [5, 5.41) is 8.93. The predicted molar refractivity (Wildman–Crippen MR) is 79.6 cm³/mol. The van der Waals surface area contributed by atoms with Gasteiger partial charge in [-0.2, -0.15) is 0 Å². The molecule has 0 unspecified atom stereocenters. The van der Waals surface area contributed by atoms with Crippen molar-refractivity contribution in [1.82, 2.24) is 0 Å². The molecule has 1 rings (SSSR count). The molecular formula is C14H21NO4S. The number of aryl methyl sites for hydroxylation is 1. The lowest BCUT2D eigenvalue weighted by atomic mass is 9.94. The molecule has 0 saturated heterocycles. The Morgan fingerprint density at radius 1 is 1.30 bits per heavy atom. The van der Waals surface area contributed by atoms with Crippen LogP contribution >= 0.6 is 0 Å². The minimum Gasteiger partial charge on any atom is -0.478 e. The van der Waals surface area contributed by atoms with Crippen molar-refractivity contribution in [1.29, 1.82) is 0 Å². The van der Waals surface area contributed by atoms with E-state index in [1.807, 2.05) is 20.8 Å². The lowest BCUT2D eigenvalue weighted by Gasteiger charge is -2.18. The molecule has 2 N–H and O–H groups in total. The van der Waals surface area contributed by atoms with Gasteiger partial charge in [-0.25, -0.2) is 13.2 Å². The van der Waals surface area contributed by atoms with E-state index in [9.17, 15) is 13.2 Å². The lowest BCUT2D eigenvalue weighted by molar-refractivity contribution is 0.0697. The van der Waals surface area contributed by atoms with E-state index in [0.29, 0.717) is 17.7 Å². The van der Waals surface area contributed by atoms with Crippen LogP contribution in [0.1, 0.15) is 43.1 Å². The van der Waals surface area contributed by atoms with Crippen LogP contribution in [-0.2, 0) is 10.0 Å². The fourth-order valence-corrected chi connectivity index (χ4v) is 3.06. The van der Waals surface area contributed by atoms with Gasteiger partial charge < -0.3 is 5.11 Å². The second-order valence-corrected chi connectivity index (χ2v) is 7.91. The van der Waals surface area contributed by atoms with Crippen LogP contribution in [0, 0.1) is 12.3 Å². The summed E-state index contributed by atoms with van der Waals surface area (Å²) in [5.41, 5.74) is 0.990. The molecule has 0 heterocycles. The van der Waals surface area contributed by atoms with Crippen LogP contribution in [0.15, 0.2) is 18.2 Å². The molecule has 0 spiro atoms. The van der Waals surface area contributed by atoms with Crippen LogP contribution < -0.4 is 4.72 Å². The quantitative estimate of drug-likeness (QED) is 0.875. The number of benzene rings is 1.